The molecule has 0 aliphatic carbocycles. The molecular weight excluding hydrogens is 320 g/mol. The van der Waals surface area contributed by atoms with E-state index >= 15 is 0 Å². The Hall–Kier alpha value is -2.01. The number of carbonyl (C=O) groups excluding carboxylic acids is 1. The molecule has 0 aromatic heterocycles. The lowest BCUT2D eigenvalue weighted by Crippen LogP contribution is -2.13. The van der Waals surface area contributed by atoms with Crippen molar-refractivity contribution in [2.75, 3.05) is 18.2 Å². The van der Waals surface area contributed by atoms with Gasteiger partial charge in [-0.2, -0.15) is 0 Å². The molecule has 20 heavy (non-hydrogen) atoms. The van der Waals surface area contributed by atoms with Crippen molar-refractivity contribution in [3.8, 4) is 5.75 Å². The zero-order valence-electron chi connectivity index (χ0n) is 11.2. The summed E-state index contributed by atoms with van der Waals surface area (Å²) in [6.45, 7) is 1.86. The molecule has 2 aromatic carbocycles. The molecule has 5 heteroatoms. The van der Waals surface area contributed by atoms with Crippen LogP contribution < -0.4 is 15.8 Å². The minimum Gasteiger partial charge on any atom is -0.496 e. The molecule has 0 aliphatic heterocycles. The lowest BCUT2D eigenvalue weighted by molar-refractivity contribution is 0.102. The number of aryl methyl sites for hydroxylation is 1. The number of nitrogens with two attached hydrogens (primary N) is 1. The van der Waals surface area contributed by atoms with Crippen molar-refractivity contribution in [3.05, 3.63) is 52.0 Å². The lowest BCUT2D eigenvalue weighted by atomic mass is 10.1. The molecule has 4 nitrogen and oxygen atoms in total. The minimum atomic E-state index is -0.167. The van der Waals surface area contributed by atoms with Crippen molar-refractivity contribution >= 4 is 33.2 Å². The van der Waals surface area contributed by atoms with E-state index in [9.17, 15) is 4.79 Å². The average molecular weight is 335 g/mol. The Morgan fingerprint density at radius 3 is 2.60 bits per heavy atom. The molecule has 0 fully saturated rings. The van der Waals surface area contributed by atoms with Gasteiger partial charge in [-0.1, -0.05) is 0 Å². The fraction of sp³-hybridized carbons (Fsp3) is 0.133. The number of halogens is 1. The topological polar surface area (TPSA) is 64.3 Å². The zero-order valence-corrected chi connectivity index (χ0v) is 12.8. The molecule has 1 amide bonds. The first-order valence-electron chi connectivity index (χ1n) is 6.02. The molecule has 0 atom stereocenters. The van der Waals surface area contributed by atoms with Gasteiger partial charge in [0.25, 0.3) is 5.91 Å². The van der Waals surface area contributed by atoms with Gasteiger partial charge in [-0.15, -0.1) is 0 Å². The van der Waals surface area contributed by atoms with Crippen LogP contribution in [0.4, 0.5) is 11.4 Å². The van der Waals surface area contributed by atoms with E-state index in [0.29, 0.717) is 22.7 Å². The number of hydrogen-bond acceptors (Lipinski definition) is 3. The summed E-state index contributed by atoms with van der Waals surface area (Å²) in [6.07, 6.45) is 0. The van der Waals surface area contributed by atoms with Crippen molar-refractivity contribution in [1.29, 1.82) is 0 Å². The molecular formula is C15H15BrN2O2. The first-order chi connectivity index (χ1) is 9.51. The summed E-state index contributed by atoms with van der Waals surface area (Å²) >= 11 is 3.38. The number of nitrogen functional groups attached to an aromatic ring is 1. The summed E-state index contributed by atoms with van der Waals surface area (Å²) in [5.74, 6) is 0.547. The highest BCUT2D eigenvalue weighted by Crippen LogP contribution is 2.28. The van der Waals surface area contributed by atoms with Crippen LogP contribution in [0.1, 0.15) is 15.9 Å². The Morgan fingerprint density at radius 1 is 1.25 bits per heavy atom. The smallest absolute Gasteiger partial charge is 0.255 e. The Labute approximate surface area is 126 Å². The third-order valence-electron chi connectivity index (χ3n) is 2.90. The molecule has 0 spiro atoms. The van der Waals surface area contributed by atoms with Gasteiger partial charge in [0.05, 0.1) is 11.6 Å². The van der Waals surface area contributed by atoms with Crippen LogP contribution in [0, 0.1) is 6.92 Å². The Kier molecular flexibility index (Phi) is 4.29. The van der Waals surface area contributed by atoms with Crippen LogP contribution in [-0.2, 0) is 0 Å². The van der Waals surface area contributed by atoms with E-state index in [2.05, 4.69) is 21.2 Å². The van der Waals surface area contributed by atoms with Crippen LogP contribution in [0.2, 0.25) is 0 Å². The van der Waals surface area contributed by atoms with E-state index in [4.69, 9.17) is 10.5 Å². The zero-order chi connectivity index (χ0) is 14.7. The molecule has 0 radical (unpaired) electrons. The molecule has 0 aliphatic rings. The number of hydrogen-bond donors (Lipinski definition) is 2. The maximum Gasteiger partial charge on any atom is 0.255 e. The molecule has 104 valence electrons. The van der Waals surface area contributed by atoms with Gasteiger partial charge in [0.15, 0.2) is 0 Å². The summed E-state index contributed by atoms with van der Waals surface area (Å²) < 4.78 is 5.93. The van der Waals surface area contributed by atoms with Gasteiger partial charge in [0, 0.05) is 16.9 Å². The predicted molar refractivity (Wildman–Crippen MR) is 84.2 cm³/mol. The van der Waals surface area contributed by atoms with E-state index in [1.165, 1.54) is 0 Å². The number of ether oxygens (including phenoxy) is 1. The Balaban J connectivity index is 2.21. The largest absolute Gasteiger partial charge is 0.496 e. The molecule has 0 saturated heterocycles. The normalized spacial score (nSPS) is 10.2. The lowest BCUT2D eigenvalue weighted by Gasteiger charge is -2.10. The van der Waals surface area contributed by atoms with E-state index in [1.54, 1.807) is 43.5 Å². The molecule has 0 heterocycles. The first kappa shape index (κ1) is 14.4. The second-order valence-corrected chi connectivity index (χ2v) is 5.23. The molecule has 0 unspecified atom stereocenters. The highest BCUT2D eigenvalue weighted by molar-refractivity contribution is 9.10. The fourth-order valence-corrected chi connectivity index (χ4v) is 2.42. The maximum atomic E-state index is 12.2. The third kappa shape index (κ3) is 3.11. The van der Waals surface area contributed by atoms with E-state index in [0.717, 1.165) is 10.0 Å². The van der Waals surface area contributed by atoms with Crippen molar-refractivity contribution in [3.63, 3.8) is 0 Å². The Morgan fingerprint density at radius 2 is 2.00 bits per heavy atom. The Bertz CT molecular complexity index is 656. The van der Waals surface area contributed by atoms with Gasteiger partial charge >= 0.3 is 0 Å². The summed E-state index contributed by atoms with van der Waals surface area (Å²) in [5, 5.41) is 2.85. The molecule has 0 saturated carbocycles. The SMILES string of the molecule is COc1ccc(NC(=O)c2ccc(N)cc2C)cc1Br. The van der Waals surface area contributed by atoms with Crippen molar-refractivity contribution in [2.24, 2.45) is 0 Å². The van der Waals surface area contributed by atoms with E-state index in [1.807, 2.05) is 6.92 Å². The van der Waals surface area contributed by atoms with Gasteiger partial charge in [-0.25, -0.2) is 0 Å². The highest BCUT2D eigenvalue weighted by Gasteiger charge is 2.10. The van der Waals surface area contributed by atoms with Crippen LogP contribution in [-0.4, -0.2) is 13.0 Å². The van der Waals surface area contributed by atoms with E-state index in [-0.39, 0.29) is 5.91 Å². The number of nitrogens with one attached hydrogen (secondary N) is 1. The van der Waals surface area contributed by atoms with Crippen LogP contribution in [0.15, 0.2) is 40.9 Å². The van der Waals surface area contributed by atoms with Gasteiger partial charge in [-0.05, 0) is 64.8 Å². The minimum absolute atomic E-state index is 0.167. The van der Waals surface area contributed by atoms with Crippen molar-refractivity contribution < 1.29 is 9.53 Å². The number of carbonyl (C=O) groups is 1. The first-order valence-corrected chi connectivity index (χ1v) is 6.81. The molecule has 2 rings (SSSR count). The van der Waals surface area contributed by atoms with Gasteiger partial charge < -0.3 is 15.8 Å². The van der Waals surface area contributed by atoms with Gasteiger partial charge in [0.1, 0.15) is 5.75 Å². The summed E-state index contributed by atoms with van der Waals surface area (Å²) in [6, 6.07) is 10.6. The summed E-state index contributed by atoms with van der Waals surface area (Å²) in [7, 11) is 1.59. The maximum absolute atomic E-state index is 12.2. The van der Waals surface area contributed by atoms with Crippen LogP contribution in [0.25, 0.3) is 0 Å². The van der Waals surface area contributed by atoms with Crippen LogP contribution in [0.5, 0.6) is 5.75 Å². The molecule has 0 bridgehead atoms. The van der Waals surface area contributed by atoms with Crippen LogP contribution in [0.3, 0.4) is 0 Å². The number of anilines is 2. The summed E-state index contributed by atoms with van der Waals surface area (Å²) in [4.78, 5) is 12.2. The number of methoxy groups -OCH3 is 1. The van der Waals surface area contributed by atoms with Gasteiger partial charge in [-0.3, -0.25) is 4.79 Å². The second-order valence-electron chi connectivity index (χ2n) is 4.38. The van der Waals surface area contributed by atoms with Crippen LogP contribution >= 0.6 is 15.9 Å². The second kappa shape index (κ2) is 5.96. The molecule has 3 N–H and O–H groups in total. The van der Waals surface area contributed by atoms with Crippen molar-refractivity contribution in [1.82, 2.24) is 0 Å². The number of rotatable bonds is 3. The van der Waals surface area contributed by atoms with E-state index < -0.39 is 0 Å². The predicted octanol–water partition coefficient (Wildman–Crippen LogP) is 3.60. The molecule has 2 aromatic rings. The average Bonchev–Trinajstić information content (AvgIpc) is 2.38. The summed E-state index contributed by atoms with van der Waals surface area (Å²) in [5.41, 5.74) is 8.46. The van der Waals surface area contributed by atoms with Crippen molar-refractivity contribution in [2.45, 2.75) is 6.92 Å². The standard InChI is InChI=1S/C15H15BrN2O2/c1-9-7-10(17)3-5-12(9)15(19)18-11-4-6-14(20-2)13(16)8-11/h3-8H,17H2,1-2H3,(H,18,19). The van der Waals surface area contributed by atoms with Gasteiger partial charge in [0.2, 0.25) is 0 Å². The third-order valence-corrected chi connectivity index (χ3v) is 3.52. The number of amides is 1. The number of benzene rings is 2. The fourth-order valence-electron chi connectivity index (χ4n) is 1.88. The quantitative estimate of drug-likeness (QED) is 0.843. The monoisotopic (exact) mass is 334 g/mol. The highest BCUT2D eigenvalue weighted by atomic mass is 79.9.